The second kappa shape index (κ2) is 6.83. The molecule has 0 spiro atoms. The van der Waals surface area contributed by atoms with E-state index in [-0.39, 0.29) is 5.97 Å². The van der Waals surface area contributed by atoms with Crippen molar-refractivity contribution in [2.45, 2.75) is 19.8 Å². The first kappa shape index (κ1) is 9.72. The molecule has 0 radical (unpaired) electrons. The molecule has 0 aromatic carbocycles. The SMILES string of the molecule is CCOC(=O)CCCNCl. The maximum atomic E-state index is 10.6. The molecule has 0 aliphatic heterocycles. The van der Waals surface area contributed by atoms with E-state index in [9.17, 15) is 4.79 Å². The molecule has 0 saturated carbocycles. The molecule has 0 amide bonds. The Balaban J connectivity index is 3.05. The summed E-state index contributed by atoms with van der Waals surface area (Å²) in [5, 5.41) is 0. The minimum atomic E-state index is -0.158. The summed E-state index contributed by atoms with van der Waals surface area (Å²) in [6, 6.07) is 0. The highest BCUT2D eigenvalue weighted by Crippen LogP contribution is 1.90. The van der Waals surface area contributed by atoms with Crippen LogP contribution in [-0.4, -0.2) is 19.1 Å². The molecule has 0 aliphatic rings. The van der Waals surface area contributed by atoms with Crippen LogP contribution in [0.4, 0.5) is 0 Å². The van der Waals surface area contributed by atoms with Gasteiger partial charge in [0.1, 0.15) is 0 Å². The normalized spacial score (nSPS) is 9.40. The van der Waals surface area contributed by atoms with Crippen molar-refractivity contribution >= 4 is 17.7 Å². The molecule has 10 heavy (non-hydrogen) atoms. The number of hydrogen-bond acceptors (Lipinski definition) is 3. The molecular weight excluding hydrogens is 154 g/mol. The van der Waals surface area contributed by atoms with Gasteiger partial charge in [-0.1, -0.05) is 0 Å². The van der Waals surface area contributed by atoms with E-state index >= 15 is 0 Å². The highest BCUT2D eigenvalue weighted by atomic mass is 35.5. The van der Waals surface area contributed by atoms with Crippen LogP contribution in [0, 0.1) is 0 Å². The number of nitrogens with one attached hydrogen (secondary N) is 1. The van der Waals surface area contributed by atoms with Gasteiger partial charge in [-0.05, 0) is 25.1 Å². The Kier molecular flexibility index (Phi) is 6.64. The third kappa shape index (κ3) is 5.85. The predicted octanol–water partition coefficient (Wildman–Crippen LogP) is 1.07. The topological polar surface area (TPSA) is 38.3 Å². The average Bonchev–Trinajstić information content (AvgIpc) is 1.89. The molecule has 0 fully saturated rings. The van der Waals surface area contributed by atoms with Gasteiger partial charge in [0.05, 0.1) is 6.61 Å². The van der Waals surface area contributed by atoms with Crippen LogP contribution in [0.15, 0.2) is 0 Å². The first-order valence-electron chi connectivity index (χ1n) is 3.30. The predicted molar refractivity (Wildman–Crippen MR) is 39.7 cm³/mol. The molecule has 0 heterocycles. The Bertz CT molecular complexity index is 97.7. The van der Waals surface area contributed by atoms with Gasteiger partial charge in [-0.25, -0.2) is 4.84 Å². The van der Waals surface area contributed by atoms with Crippen LogP contribution in [0.3, 0.4) is 0 Å². The largest absolute Gasteiger partial charge is 0.466 e. The summed E-state index contributed by atoms with van der Waals surface area (Å²) in [5.74, 6) is -0.158. The summed E-state index contributed by atoms with van der Waals surface area (Å²) >= 11 is 5.16. The lowest BCUT2D eigenvalue weighted by atomic mass is 10.3. The van der Waals surface area contributed by atoms with E-state index in [0.717, 1.165) is 6.42 Å². The van der Waals surface area contributed by atoms with Crippen LogP contribution in [0.2, 0.25) is 0 Å². The minimum Gasteiger partial charge on any atom is -0.466 e. The van der Waals surface area contributed by atoms with Crippen molar-refractivity contribution in [2.24, 2.45) is 0 Å². The van der Waals surface area contributed by atoms with Crippen LogP contribution in [0.1, 0.15) is 19.8 Å². The second-order valence-corrected chi connectivity index (χ2v) is 2.06. The smallest absolute Gasteiger partial charge is 0.305 e. The van der Waals surface area contributed by atoms with Gasteiger partial charge in [0.15, 0.2) is 0 Å². The third-order valence-electron chi connectivity index (χ3n) is 0.957. The quantitative estimate of drug-likeness (QED) is 0.376. The number of hydrogen-bond donors (Lipinski definition) is 1. The highest BCUT2D eigenvalue weighted by molar-refractivity contribution is 6.13. The summed E-state index contributed by atoms with van der Waals surface area (Å²) in [7, 11) is 0. The number of rotatable bonds is 5. The van der Waals surface area contributed by atoms with Crippen molar-refractivity contribution in [2.75, 3.05) is 13.2 Å². The fraction of sp³-hybridized carbons (Fsp3) is 0.833. The lowest BCUT2D eigenvalue weighted by Gasteiger charge is -1.99. The summed E-state index contributed by atoms with van der Waals surface area (Å²) in [5.41, 5.74) is 0. The summed E-state index contributed by atoms with van der Waals surface area (Å²) < 4.78 is 4.68. The number of esters is 1. The van der Waals surface area contributed by atoms with E-state index in [0.29, 0.717) is 19.6 Å². The molecule has 60 valence electrons. The van der Waals surface area contributed by atoms with Gasteiger partial charge in [-0.2, -0.15) is 0 Å². The zero-order chi connectivity index (χ0) is 7.82. The van der Waals surface area contributed by atoms with E-state index in [4.69, 9.17) is 11.8 Å². The number of ether oxygens (including phenoxy) is 1. The van der Waals surface area contributed by atoms with Crippen molar-refractivity contribution in [1.82, 2.24) is 4.84 Å². The Morgan fingerprint density at radius 2 is 2.40 bits per heavy atom. The molecule has 3 nitrogen and oxygen atoms in total. The van der Waals surface area contributed by atoms with Gasteiger partial charge in [0.25, 0.3) is 0 Å². The summed E-state index contributed by atoms with van der Waals surface area (Å²) in [6.45, 7) is 2.88. The van der Waals surface area contributed by atoms with Crippen LogP contribution >= 0.6 is 11.8 Å². The molecule has 1 N–H and O–H groups in total. The zero-order valence-corrected chi connectivity index (χ0v) is 6.78. The molecule has 0 aromatic heterocycles. The van der Waals surface area contributed by atoms with Crippen LogP contribution < -0.4 is 4.84 Å². The molecule has 0 atom stereocenters. The van der Waals surface area contributed by atoms with Gasteiger partial charge in [0, 0.05) is 13.0 Å². The van der Waals surface area contributed by atoms with Crippen LogP contribution in [0.25, 0.3) is 0 Å². The Labute approximate surface area is 65.8 Å². The van der Waals surface area contributed by atoms with Gasteiger partial charge in [0.2, 0.25) is 0 Å². The van der Waals surface area contributed by atoms with E-state index in [1.807, 2.05) is 0 Å². The van der Waals surface area contributed by atoms with Crippen molar-refractivity contribution in [3.8, 4) is 0 Å². The van der Waals surface area contributed by atoms with E-state index in [1.165, 1.54) is 0 Å². The van der Waals surface area contributed by atoms with Crippen LogP contribution in [-0.2, 0) is 9.53 Å². The molecule has 0 unspecified atom stereocenters. The third-order valence-corrected chi connectivity index (χ3v) is 1.15. The van der Waals surface area contributed by atoms with Gasteiger partial charge >= 0.3 is 5.97 Å². The van der Waals surface area contributed by atoms with Crippen molar-refractivity contribution in [1.29, 1.82) is 0 Å². The standard InChI is InChI=1S/C6H12ClNO2/c1-2-10-6(9)4-3-5-8-7/h8H,2-5H2,1H3. The Morgan fingerprint density at radius 3 is 2.90 bits per heavy atom. The number of carbonyl (C=O) groups is 1. The van der Waals surface area contributed by atoms with Gasteiger partial charge in [-0.3, -0.25) is 4.79 Å². The molecule has 0 bridgehead atoms. The fourth-order valence-corrected chi connectivity index (χ4v) is 0.666. The van der Waals surface area contributed by atoms with Crippen molar-refractivity contribution in [3.05, 3.63) is 0 Å². The zero-order valence-electron chi connectivity index (χ0n) is 6.02. The summed E-state index contributed by atoms with van der Waals surface area (Å²) in [4.78, 5) is 13.1. The summed E-state index contributed by atoms with van der Waals surface area (Å²) in [6.07, 6.45) is 1.16. The number of carbonyl (C=O) groups excluding carboxylic acids is 1. The molecule has 0 aliphatic carbocycles. The van der Waals surface area contributed by atoms with Crippen LogP contribution in [0.5, 0.6) is 0 Å². The average molecular weight is 166 g/mol. The molecule has 0 aromatic rings. The first-order valence-corrected chi connectivity index (χ1v) is 3.68. The molecule has 4 heteroatoms. The van der Waals surface area contributed by atoms with Crippen molar-refractivity contribution < 1.29 is 9.53 Å². The second-order valence-electron chi connectivity index (χ2n) is 1.79. The minimum absolute atomic E-state index is 0.158. The lowest BCUT2D eigenvalue weighted by molar-refractivity contribution is -0.143. The van der Waals surface area contributed by atoms with E-state index in [2.05, 4.69) is 9.57 Å². The Hall–Kier alpha value is -0.280. The monoisotopic (exact) mass is 165 g/mol. The van der Waals surface area contributed by atoms with E-state index in [1.54, 1.807) is 6.92 Å². The maximum absolute atomic E-state index is 10.6. The fourth-order valence-electron chi connectivity index (χ4n) is 0.533. The van der Waals surface area contributed by atoms with E-state index < -0.39 is 0 Å². The van der Waals surface area contributed by atoms with Gasteiger partial charge in [-0.15, -0.1) is 0 Å². The number of halogens is 1. The first-order chi connectivity index (χ1) is 4.81. The van der Waals surface area contributed by atoms with Crippen molar-refractivity contribution in [3.63, 3.8) is 0 Å². The highest BCUT2D eigenvalue weighted by Gasteiger charge is 1.98. The lowest BCUT2D eigenvalue weighted by Crippen LogP contribution is -2.08. The van der Waals surface area contributed by atoms with Gasteiger partial charge < -0.3 is 4.74 Å². The molecular formula is C6H12ClNO2. The Morgan fingerprint density at radius 1 is 1.70 bits per heavy atom. The molecule has 0 rings (SSSR count). The molecule has 0 saturated heterocycles. The maximum Gasteiger partial charge on any atom is 0.305 e.